The maximum absolute atomic E-state index is 7.00. The molecule has 0 amide bonds. The van der Waals surface area contributed by atoms with Gasteiger partial charge in [-0.1, -0.05) is 65.5 Å². The predicted octanol–water partition coefficient (Wildman–Crippen LogP) is 4.66. The van der Waals surface area contributed by atoms with Gasteiger partial charge >= 0.3 is 0 Å². The number of aliphatic hydroxyl groups is 1. The molecule has 3 heteroatoms. The molecule has 0 aromatic heterocycles. The molecule has 2 N–H and O–H groups in total. The number of rotatable bonds is 2. The minimum atomic E-state index is 0. The lowest BCUT2D eigenvalue weighted by Crippen LogP contribution is -2.38. The Bertz CT molecular complexity index is 419. The van der Waals surface area contributed by atoms with E-state index in [1.165, 1.54) is 44.6 Å². The number of aliphatic hydroxyl groups excluding tert-OH is 1. The fourth-order valence-corrected chi connectivity index (χ4v) is 4.19. The average Bonchev–Trinajstić information content (AvgIpc) is 2.57. The van der Waals surface area contributed by atoms with E-state index in [2.05, 4.69) is 68.2 Å². The lowest BCUT2D eigenvalue weighted by atomic mass is 9.91. The lowest BCUT2D eigenvalue weighted by Gasteiger charge is -2.34. The Labute approximate surface area is 163 Å². The second-order valence-electron chi connectivity index (χ2n) is 8.23. The Hall–Kier alpha value is -0.900. The van der Waals surface area contributed by atoms with Crippen LogP contribution < -0.4 is 5.32 Å². The van der Waals surface area contributed by atoms with Crippen LogP contribution in [0.25, 0.3) is 0 Å². The summed E-state index contributed by atoms with van der Waals surface area (Å²) < 4.78 is 0. The molecule has 0 bridgehead atoms. The third-order valence-electron chi connectivity index (χ3n) is 4.98. The van der Waals surface area contributed by atoms with E-state index in [1.54, 1.807) is 0 Å². The van der Waals surface area contributed by atoms with Crippen molar-refractivity contribution in [3.05, 3.63) is 35.9 Å². The smallest absolute Gasteiger partial charge is 0.0319 e. The highest BCUT2D eigenvalue weighted by Crippen LogP contribution is 2.22. The summed E-state index contributed by atoms with van der Waals surface area (Å²) in [7, 11) is 1.00. The highest BCUT2D eigenvalue weighted by atomic mass is 16.2. The summed E-state index contributed by atoms with van der Waals surface area (Å²) in [5.74, 6) is 3.52. The van der Waals surface area contributed by atoms with Gasteiger partial charge in [-0.3, -0.25) is 4.90 Å². The molecule has 4 atom stereocenters. The molecule has 152 valence electrons. The second kappa shape index (κ2) is 14.2. The molecule has 0 aliphatic carbocycles. The van der Waals surface area contributed by atoms with Crippen LogP contribution in [-0.4, -0.2) is 43.3 Å². The molecule has 2 saturated heterocycles. The van der Waals surface area contributed by atoms with Crippen LogP contribution in [0.2, 0.25) is 0 Å². The van der Waals surface area contributed by atoms with Gasteiger partial charge in [0.2, 0.25) is 0 Å². The molecule has 1 aromatic carbocycles. The maximum Gasteiger partial charge on any atom is 0.0319 e. The number of hydrogen-bond donors (Lipinski definition) is 2. The first-order valence-corrected chi connectivity index (χ1v) is 9.94. The van der Waals surface area contributed by atoms with Crippen LogP contribution >= 0.6 is 0 Å². The Balaban J connectivity index is 0.000000485. The fourth-order valence-electron chi connectivity index (χ4n) is 4.19. The van der Waals surface area contributed by atoms with E-state index in [1.807, 2.05) is 0 Å². The standard InChI is InChI=1S/C14H21N.C7H15N.CH4O.CH4/c1-12-8-13(2)10-15(9-12)11-14-6-4-3-5-7-14;1-6-3-7(2)5-8-4-6;1-2;/h3-7,12-13H,8-11H2,1-2H3;6-8H,3-5H2,1-2H3;2H,1H3;1H4/t12-,13-;6-,7-;;/m11../s1. The van der Waals surface area contributed by atoms with Gasteiger partial charge in [0.25, 0.3) is 0 Å². The number of nitrogens with zero attached hydrogens (tertiary/aromatic N) is 1. The van der Waals surface area contributed by atoms with Crippen LogP contribution in [0.15, 0.2) is 30.3 Å². The molecule has 2 heterocycles. The third kappa shape index (κ3) is 10.3. The topological polar surface area (TPSA) is 35.5 Å². The van der Waals surface area contributed by atoms with Gasteiger partial charge in [0.1, 0.15) is 0 Å². The van der Waals surface area contributed by atoms with Crippen LogP contribution in [0, 0.1) is 23.7 Å². The van der Waals surface area contributed by atoms with Crippen LogP contribution in [-0.2, 0) is 6.54 Å². The molecule has 2 fully saturated rings. The summed E-state index contributed by atoms with van der Waals surface area (Å²) in [5.41, 5.74) is 1.44. The molecule has 0 spiro atoms. The van der Waals surface area contributed by atoms with E-state index < -0.39 is 0 Å². The number of hydrogen-bond acceptors (Lipinski definition) is 3. The molecule has 2 aliphatic rings. The molecule has 3 nitrogen and oxygen atoms in total. The summed E-state index contributed by atoms with van der Waals surface area (Å²) in [6, 6.07) is 10.8. The summed E-state index contributed by atoms with van der Waals surface area (Å²) in [4.78, 5) is 2.59. The predicted molar refractivity (Wildman–Crippen MR) is 115 cm³/mol. The minimum Gasteiger partial charge on any atom is -0.400 e. The monoisotopic (exact) mass is 364 g/mol. The molecular formula is C23H44N2O. The first-order chi connectivity index (χ1) is 12.0. The van der Waals surface area contributed by atoms with Crippen molar-refractivity contribution in [3.63, 3.8) is 0 Å². The van der Waals surface area contributed by atoms with Crippen molar-refractivity contribution in [2.45, 2.75) is 54.5 Å². The zero-order valence-electron chi connectivity index (χ0n) is 17.0. The molecule has 1 aromatic rings. The first-order valence-electron chi connectivity index (χ1n) is 9.94. The van der Waals surface area contributed by atoms with Crippen molar-refractivity contribution in [2.75, 3.05) is 33.3 Å². The summed E-state index contributed by atoms with van der Waals surface area (Å²) in [5, 5.41) is 10.4. The van der Waals surface area contributed by atoms with Crippen molar-refractivity contribution in [1.29, 1.82) is 0 Å². The Kier molecular flexibility index (Phi) is 13.7. The van der Waals surface area contributed by atoms with Gasteiger partial charge in [0, 0.05) is 26.7 Å². The molecule has 0 unspecified atom stereocenters. The number of nitrogens with one attached hydrogen (secondary N) is 1. The zero-order valence-corrected chi connectivity index (χ0v) is 17.0. The molecule has 0 saturated carbocycles. The summed E-state index contributed by atoms with van der Waals surface area (Å²) in [6.45, 7) is 15.5. The zero-order chi connectivity index (χ0) is 18.7. The molecule has 2 aliphatic heterocycles. The van der Waals surface area contributed by atoms with E-state index in [0.29, 0.717) is 0 Å². The van der Waals surface area contributed by atoms with Crippen molar-refractivity contribution < 1.29 is 5.11 Å². The van der Waals surface area contributed by atoms with Gasteiger partial charge in [-0.15, -0.1) is 0 Å². The lowest BCUT2D eigenvalue weighted by molar-refractivity contribution is 0.134. The third-order valence-corrected chi connectivity index (χ3v) is 4.98. The average molecular weight is 365 g/mol. The van der Waals surface area contributed by atoms with E-state index in [0.717, 1.165) is 37.3 Å². The van der Waals surface area contributed by atoms with E-state index in [-0.39, 0.29) is 7.43 Å². The number of likely N-dealkylation sites (tertiary alicyclic amines) is 1. The van der Waals surface area contributed by atoms with E-state index >= 15 is 0 Å². The van der Waals surface area contributed by atoms with Crippen LogP contribution in [0.3, 0.4) is 0 Å². The second-order valence-corrected chi connectivity index (χ2v) is 8.23. The Morgan fingerprint density at radius 3 is 1.73 bits per heavy atom. The largest absolute Gasteiger partial charge is 0.400 e. The van der Waals surface area contributed by atoms with E-state index in [4.69, 9.17) is 5.11 Å². The molecule has 26 heavy (non-hydrogen) atoms. The van der Waals surface area contributed by atoms with Gasteiger partial charge in [-0.2, -0.15) is 0 Å². The van der Waals surface area contributed by atoms with Gasteiger partial charge in [-0.25, -0.2) is 0 Å². The molecule has 3 rings (SSSR count). The first kappa shape index (κ1) is 25.1. The highest BCUT2D eigenvalue weighted by Gasteiger charge is 2.21. The van der Waals surface area contributed by atoms with E-state index in [9.17, 15) is 0 Å². The van der Waals surface area contributed by atoms with Gasteiger partial charge in [-0.05, 0) is 55.2 Å². The Morgan fingerprint density at radius 1 is 0.846 bits per heavy atom. The molecular weight excluding hydrogens is 320 g/mol. The van der Waals surface area contributed by atoms with Gasteiger partial charge < -0.3 is 10.4 Å². The van der Waals surface area contributed by atoms with Crippen LogP contribution in [0.4, 0.5) is 0 Å². The quantitative estimate of drug-likeness (QED) is 0.801. The Morgan fingerprint density at radius 2 is 1.31 bits per heavy atom. The molecule has 0 radical (unpaired) electrons. The summed E-state index contributed by atoms with van der Waals surface area (Å²) >= 11 is 0. The van der Waals surface area contributed by atoms with Crippen molar-refractivity contribution >= 4 is 0 Å². The normalized spacial score (nSPS) is 28.5. The van der Waals surface area contributed by atoms with Crippen LogP contribution in [0.5, 0.6) is 0 Å². The van der Waals surface area contributed by atoms with Gasteiger partial charge in [0.15, 0.2) is 0 Å². The number of benzene rings is 1. The van der Waals surface area contributed by atoms with Gasteiger partial charge in [0.05, 0.1) is 0 Å². The minimum absolute atomic E-state index is 0. The van der Waals surface area contributed by atoms with Crippen molar-refractivity contribution in [2.24, 2.45) is 23.7 Å². The van der Waals surface area contributed by atoms with Crippen molar-refractivity contribution in [1.82, 2.24) is 10.2 Å². The van der Waals surface area contributed by atoms with Crippen LogP contribution in [0.1, 0.15) is 53.5 Å². The maximum atomic E-state index is 7.00. The summed E-state index contributed by atoms with van der Waals surface area (Å²) in [6.07, 6.45) is 2.80. The number of piperidine rings is 2. The highest BCUT2D eigenvalue weighted by molar-refractivity contribution is 5.14. The SMILES string of the molecule is C.CO.C[C@@H]1C[C@@H](C)CN(Cc2ccccc2)C1.C[C@H]1CNC[C@H](C)C1. The fraction of sp³-hybridized carbons (Fsp3) is 0.739. The van der Waals surface area contributed by atoms with Crippen molar-refractivity contribution in [3.8, 4) is 0 Å².